The Morgan fingerprint density at radius 2 is 2.00 bits per heavy atom. The first kappa shape index (κ1) is 19.2. The molecule has 3 rings (SSSR count). The Hall–Kier alpha value is -3.52. The van der Waals surface area contributed by atoms with Crippen molar-refractivity contribution in [1.82, 2.24) is 9.99 Å². The van der Waals surface area contributed by atoms with Gasteiger partial charge in [-0.05, 0) is 43.7 Å². The van der Waals surface area contributed by atoms with E-state index in [1.807, 2.05) is 38.1 Å². The Morgan fingerprint density at radius 1 is 1.25 bits per heavy atom. The van der Waals surface area contributed by atoms with Crippen molar-refractivity contribution in [1.29, 1.82) is 0 Å². The van der Waals surface area contributed by atoms with Gasteiger partial charge < -0.3 is 9.30 Å². The maximum absolute atomic E-state index is 12.3. The topological polar surface area (TPSA) is 55.6 Å². The fourth-order valence-corrected chi connectivity index (χ4v) is 3.06. The van der Waals surface area contributed by atoms with Crippen LogP contribution in [-0.4, -0.2) is 23.3 Å². The van der Waals surface area contributed by atoms with Gasteiger partial charge in [-0.15, -0.1) is 6.42 Å². The van der Waals surface area contributed by atoms with E-state index >= 15 is 0 Å². The molecule has 1 N–H and O–H groups in total. The average Bonchev–Trinajstić information content (AvgIpc) is 2.99. The summed E-state index contributed by atoms with van der Waals surface area (Å²) in [7, 11) is 0. The third-order valence-corrected chi connectivity index (χ3v) is 4.48. The Balaban J connectivity index is 1.75. The molecule has 0 saturated carbocycles. The van der Waals surface area contributed by atoms with E-state index in [2.05, 4.69) is 21.0 Å². The smallest absolute Gasteiger partial charge is 0.271 e. The number of fused-ring (bicyclic) bond motifs is 1. The van der Waals surface area contributed by atoms with Gasteiger partial charge in [0.15, 0.2) is 0 Å². The van der Waals surface area contributed by atoms with Gasteiger partial charge in [0.25, 0.3) is 5.91 Å². The maximum Gasteiger partial charge on any atom is 0.271 e. The highest BCUT2D eigenvalue weighted by atomic mass is 16.5. The molecule has 1 heterocycles. The van der Waals surface area contributed by atoms with Crippen molar-refractivity contribution in [3.05, 3.63) is 65.4 Å². The van der Waals surface area contributed by atoms with E-state index in [4.69, 9.17) is 11.2 Å². The number of carbonyl (C=O) groups excluding carboxylic acids is 1. The van der Waals surface area contributed by atoms with E-state index < -0.39 is 0 Å². The second-order valence-corrected chi connectivity index (χ2v) is 6.38. The van der Waals surface area contributed by atoms with Crippen LogP contribution in [-0.2, 0) is 6.54 Å². The minimum atomic E-state index is -0.275. The molecule has 142 valence electrons. The Kier molecular flexibility index (Phi) is 6.13. The van der Waals surface area contributed by atoms with Crippen molar-refractivity contribution in [3.63, 3.8) is 0 Å². The molecule has 0 fully saturated rings. The summed E-state index contributed by atoms with van der Waals surface area (Å²) in [5.41, 5.74) is 6.10. The molecule has 1 amide bonds. The first-order valence-corrected chi connectivity index (χ1v) is 9.23. The van der Waals surface area contributed by atoms with E-state index in [9.17, 15) is 4.79 Å². The average molecular weight is 373 g/mol. The molecule has 28 heavy (non-hydrogen) atoms. The number of hydrogen-bond acceptors (Lipinski definition) is 3. The molecular formula is C23H23N3O2. The lowest BCUT2D eigenvalue weighted by atomic mass is 10.1. The van der Waals surface area contributed by atoms with Crippen molar-refractivity contribution >= 4 is 23.0 Å². The van der Waals surface area contributed by atoms with Crippen LogP contribution in [0.2, 0.25) is 0 Å². The lowest BCUT2D eigenvalue weighted by molar-refractivity contribution is 0.0955. The molecule has 0 aliphatic carbocycles. The number of carbonyl (C=O) groups is 1. The van der Waals surface area contributed by atoms with E-state index in [1.165, 1.54) is 0 Å². The van der Waals surface area contributed by atoms with Crippen LogP contribution in [0.4, 0.5) is 0 Å². The third kappa shape index (κ3) is 4.07. The predicted molar refractivity (Wildman–Crippen MR) is 113 cm³/mol. The van der Waals surface area contributed by atoms with Crippen LogP contribution in [0.15, 0.2) is 53.6 Å². The van der Waals surface area contributed by atoms with E-state index in [1.54, 1.807) is 30.5 Å². The molecule has 0 atom stereocenters. The molecule has 0 aliphatic heterocycles. The van der Waals surface area contributed by atoms with Crippen LogP contribution in [0.25, 0.3) is 10.9 Å². The highest BCUT2D eigenvalue weighted by Gasteiger charge is 2.11. The van der Waals surface area contributed by atoms with Gasteiger partial charge in [-0.25, -0.2) is 5.43 Å². The highest BCUT2D eigenvalue weighted by Crippen LogP contribution is 2.24. The number of hydrazone groups is 1. The molecule has 0 bridgehead atoms. The molecule has 5 nitrogen and oxygen atoms in total. The van der Waals surface area contributed by atoms with Gasteiger partial charge in [-0.3, -0.25) is 4.79 Å². The largest absolute Gasteiger partial charge is 0.494 e. The summed E-state index contributed by atoms with van der Waals surface area (Å²) < 4.78 is 7.59. The number of nitrogens with one attached hydrogen (secondary N) is 1. The summed E-state index contributed by atoms with van der Waals surface area (Å²) in [6.45, 7) is 5.18. The fourth-order valence-electron chi connectivity index (χ4n) is 3.06. The SMILES string of the molecule is C#CCn1c(C)c(/C=N/NC(=O)c2ccc(OCCC)cc2)c2ccccc21. The van der Waals surface area contributed by atoms with Gasteiger partial charge in [0.1, 0.15) is 5.75 Å². The third-order valence-electron chi connectivity index (χ3n) is 4.48. The molecule has 5 heteroatoms. The second kappa shape index (κ2) is 8.92. The number of terminal acetylenes is 1. The minimum absolute atomic E-state index is 0.275. The first-order valence-electron chi connectivity index (χ1n) is 9.23. The quantitative estimate of drug-likeness (QED) is 0.384. The number of nitrogens with zero attached hydrogens (tertiary/aromatic N) is 2. The standard InChI is InChI=1S/C23H23N3O2/c1-4-14-26-17(3)21(20-8-6-7-9-22(20)26)16-24-25-23(27)18-10-12-19(13-11-18)28-15-5-2/h1,6-13,16H,5,14-15H2,2-3H3,(H,25,27)/b24-16+. The van der Waals surface area contributed by atoms with Crippen molar-refractivity contribution < 1.29 is 9.53 Å². The summed E-state index contributed by atoms with van der Waals surface area (Å²) in [6, 6.07) is 15.0. The highest BCUT2D eigenvalue weighted by molar-refractivity contribution is 6.02. The number of aromatic nitrogens is 1. The predicted octanol–water partition coefficient (Wildman–Crippen LogP) is 4.14. The lowest BCUT2D eigenvalue weighted by Gasteiger charge is -2.05. The molecular weight excluding hydrogens is 350 g/mol. The van der Waals surface area contributed by atoms with Crippen LogP contribution in [0.3, 0.4) is 0 Å². The monoisotopic (exact) mass is 373 g/mol. The second-order valence-electron chi connectivity index (χ2n) is 6.38. The normalized spacial score (nSPS) is 10.9. The molecule has 3 aromatic rings. The van der Waals surface area contributed by atoms with Crippen LogP contribution in [0.5, 0.6) is 5.75 Å². The van der Waals surface area contributed by atoms with Crippen molar-refractivity contribution in [2.24, 2.45) is 5.10 Å². The van der Waals surface area contributed by atoms with Gasteiger partial charge in [0, 0.05) is 27.7 Å². The molecule has 2 aromatic carbocycles. The fraction of sp³-hybridized carbons (Fsp3) is 0.217. The zero-order chi connectivity index (χ0) is 19.9. The number of para-hydroxylation sites is 1. The van der Waals surface area contributed by atoms with E-state index in [-0.39, 0.29) is 5.91 Å². The van der Waals surface area contributed by atoms with Crippen LogP contribution in [0.1, 0.15) is 35.0 Å². The summed E-state index contributed by atoms with van der Waals surface area (Å²) >= 11 is 0. The number of amides is 1. The maximum atomic E-state index is 12.3. The summed E-state index contributed by atoms with van der Waals surface area (Å²) in [6.07, 6.45) is 8.11. The van der Waals surface area contributed by atoms with E-state index in [0.29, 0.717) is 18.7 Å². The van der Waals surface area contributed by atoms with Gasteiger partial charge in [-0.2, -0.15) is 5.10 Å². The molecule has 0 radical (unpaired) electrons. The Bertz CT molecular complexity index is 1040. The van der Waals surface area contributed by atoms with E-state index in [0.717, 1.165) is 34.3 Å². The van der Waals surface area contributed by atoms with Crippen LogP contribution < -0.4 is 10.2 Å². The number of hydrogen-bond donors (Lipinski definition) is 1. The summed E-state index contributed by atoms with van der Waals surface area (Å²) in [4.78, 5) is 12.3. The first-order chi connectivity index (χ1) is 13.7. The summed E-state index contributed by atoms with van der Waals surface area (Å²) in [5.74, 6) is 3.16. The van der Waals surface area contributed by atoms with Crippen molar-refractivity contribution in [2.75, 3.05) is 6.61 Å². The molecule has 1 aromatic heterocycles. The molecule has 0 unspecified atom stereocenters. The Labute approximate surface area is 165 Å². The zero-order valence-electron chi connectivity index (χ0n) is 16.1. The van der Waals surface area contributed by atoms with Crippen molar-refractivity contribution in [2.45, 2.75) is 26.8 Å². The molecule has 0 spiro atoms. The number of benzene rings is 2. The lowest BCUT2D eigenvalue weighted by Crippen LogP contribution is -2.17. The van der Waals surface area contributed by atoms with Gasteiger partial charge in [-0.1, -0.05) is 31.0 Å². The van der Waals surface area contributed by atoms with Gasteiger partial charge in [0.05, 0.1) is 19.4 Å². The van der Waals surface area contributed by atoms with Gasteiger partial charge in [0.2, 0.25) is 0 Å². The minimum Gasteiger partial charge on any atom is -0.494 e. The van der Waals surface area contributed by atoms with Crippen molar-refractivity contribution in [3.8, 4) is 18.1 Å². The van der Waals surface area contributed by atoms with Crippen LogP contribution >= 0.6 is 0 Å². The Morgan fingerprint density at radius 3 is 2.71 bits per heavy atom. The molecule has 0 aliphatic rings. The number of rotatable bonds is 7. The number of ether oxygens (including phenoxy) is 1. The zero-order valence-corrected chi connectivity index (χ0v) is 16.1. The van der Waals surface area contributed by atoms with Crippen LogP contribution in [0, 0.1) is 19.3 Å². The molecule has 0 saturated heterocycles. The summed E-state index contributed by atoms with van der Waals surface area (Å²) in [5, 5.41) is 5.20. The van der Waals surface area contributed by atoms with Gasteiger partial charge >= 0.3 is 0 Å².